The second-order valence-corrected chi connectivity index (χ2v) is 2.34. The van der Waals surface area contributed by atoms with Gasteiger partial charge in [0.1, 0.15) is 0 Å². The molecule has 0 heterocycles. The monoisotopic (exact) mass is 190 g/mol. The Hall–Kier alpha value is -0.310. The summed E-state index contributed by atoms with van der Waals surface area (Å²) in [5.74, 6) is 0. The summed E-state index contributed by atoms with van der Waals surface area (Å²) in [4.78, 5) is 0. The molecule has 0 bridgehead atoms. The zero-order valence-corrected chi connectivity index (χ0v) is 8.33. The second-order valence-electron chi connectivity index (χ2n) is 2.34. The Morgan fingerprint density at radius 2 is 1.33 bits per heavy atom. The molecule has 2 nitrogen and oxygen atoms in total. The van der Waals surface area contributed by atoms with Crippen LogP contribution in [0.3, 0.4) is 0 Å². The first-order valence-electron chi connectivity index (χ1n) is 4.05. The minimum atomic E-state index is 0. The maximum atomic E-state index is 3.62. The molecule has 0 amide bonds. The summed E-state index contributed by atoms with van der Waals surface area (Å²) in [6.45, 7) is 11.1. The predicted octanol–water partition coefficient (Wildman–Crippen LogP) is 1.35. The molecule has 0 aromatic carbocycles. The van der Waals surface area contributed by atoms with Gasteiger partial charge in [-0.2, -0.15) is 0 Å². The van der Waals surface area contributed by atoms with Crippen LogP contribution in [0.15, 0.2) is 25.3 Å². The predicted molar refractivity (Wildman–Crippen MR) is 58.0 cm³/mol. The molecule has 0 saturated carbocycles. The highest BCUT2D eigenvalue weighted by Gasteiger charge is 1.84. The summed E-state index contributed by atoms with van der Waals surface area (Å²) in [5, 5.41) is 6.46. The van der Waals surface area contributed by atoms with Crippen LogP contribution in [-0.2, 0) is 0 Å². The highest BCUT2D eigenvalue weighted by molar-refractivity contribution is 5.85. The molecule has 3 heteroatoms. The Balaban J connectivity index is 0. The average molecular weight is 191 g/mol. The molecule has 0 aromatic heterocycles. The molecule has 2 N–H and O–H groups in total. The molecule has 0 saturated heterocycles. The highest BCUT2D eigenvalue weighted by Crippen LogP contribution is 1.72. The molecule has 0 fully saturated rings. The fraction of sp³-hybridized carbons (Fsp3) is 0.556. The van der Waals surface area contributed by atoms with E-state index in [9.17, 15) is 0 Å². The van der Waals surface area contributed by atoms with Crippen molar-refractivity contribution >= 4 is 12.4 Å². The lowest BCUT2D eigenvalue weighted by molar-refractivity contribution is 0.640. The van der Waals surface area contributed by atoms with E-state index >= 15 is 0 Å². The second kappa shape index (κ2) is 13.3. The van der Waals surface area contributed by atoms with Crippen molar-refractivity contribution in [1.82, 2.24) is 10.6 Å². The summed E-state index contributed by atoms with van der Waals surface area (Å²) >= 11 is 0. The highest BCUT2D eigenvalue weighted by atomic mass is 35.5. The first kappa shape index (κ1) is 14.2. The van der Waals surface area contributed by atoms with E-state index in [0.717, 1.165) is 32.6 Å². The Morgan fingerprint density at radius 3 is 1.67 bits per heavy atom. The molecule has 72 valence electrons. The Kier molecular flexibility index (Phi) is 15.8. The first-order valence-corrected chi connectivity index (χ1v) is 4.05. The quantitative estimate of drug-likeness (QED) is 0.446. The van der Waals surface area contributed by atoms with Crippen LogP contribution in [0, 0.1) is 0 Å². The zero-order valence-electron chi connectivity index (χ0n) is 7.51. The van der Waals surface area contributed by atoms with E-state index in [1.54, 1.807) is 0 Å². The molecule has 0 aliphatic heterocycles. The van der Waals surface area contributed by atoms with Crippen molar-refractivity contribution in [3.8, 4) is 0 Å². The van der Waals surface area contributed by atoms with Crippen LogP contribution in [-0.4, -0.2) is 26.2 Å². The SMILES string of the molecule is C=CCNCCCNCC=C.Cl. The van der Waals surface area contributed by atoms with Crippen LogP contribution >= 0.6 is 12.4 Å². The van der Waals surface area contributed by atoms with E-state index in [2.05, 4.69) is 23.8 Å². The van der Waals surface area contributed by atoms with Gasteiger partial charge in [0, 0.05) is 13.1 Å². The normalized spacial score (nSPS) is 8.67. The van der Waals surface area contributed by atoms with Crippen LogP contribution in [0.2, 0.25) is 0 Å². The molecule has 0 unspecified atom stereocenters. The zero-order chi connectivity index (χ0) is 8.36. The van der Waals surface area contributed by atoms with Crippen LogP contribution in [0.4, 0.5) is 0 Å². The largest absolute Gasteiger partial charge is 0.313 e. The van der Waals surface area contributed by atoms with Gasteiger partial charge >= 0.3 is 0 Å². The van der Waals surface area contributed by atoms with Gasteiger partial charge in [0.2, 0.25) is 0 Å². The van der Waals surface area contributed by atoms with Gasteiger partial charge in [0.25, 0.3) is 0 Å². The van der Waals surface area contributed by atoms with Crippen molar-refractivity contribution in [2.45, 2.75) is 6.42 Å². The maximum absolute atomic E-state index is 3.62. The van der Waals surface area contributed by atoms with E-state index in [1.807, 2.05) is 12.2 Å². The number of hydrogen-bond donors (Lipinski definition) is 2. The number of halogens is 1. The molecule has 0 aliphatic carbocycles. The molecular weight excluding hydrogens is 172 g/mol. The number of nitrogens with one attached hydrogen (secondary N) is 2. The van der Waals surface area contributed by atoms with Gasteiger partial charge in [-0.05, 0) is 19.5 Å². The van der Waals surface area contributed by atoms with Crippen LogP contribution < -0.4 is 10.6 Å². The van der Waals surface area contributed by atoms with Gasteiger partial charge in [-0.1, -0.05) is 12.2 Å². The number of rotatable bonds is 8. The van der Waals surface area contributed by atoms with Gasteiger partial charge in [0.15, 0.2) is 0 Å². The molecule has 0 radical (unpaired) electrons. The number of hydrogen-bond acceptors (Lipinski definition) is 2. The molecule has 12 heavy (non-hydrogen) atoms. The maximum Gasteiger partial charge on any atom is 0.0132 e. The van der Waals surface area contributed by atoms with Crippen molar-refractivity contribution in [2.24, 2.45) is 0 Å². The van der Waals surface area contributed by atoms with Crippen molar-refractivity contribution in [3.05, 3.63) is 25.3 Å². The Labute approximate surface area is 81.5 Å². The van der Waals surface area contributed by atoms with Crippen molar-refractivity contribution in [3.63, 3.8) is 0 Å². The van der Waals surface area contributed by atoms with E-state index < -0.39 is 0 Å². The van der Waals surface area contributed by atoms with Crippen LogP contribution in [0.25, 0.3) is 0 Å². The molecular formula is C9H19ClN2. The van der Waals surface area contributed by atoms with Gasteiger partial charge in [-0.3, -0.25) is 0 Å². The van der Waals surface area contributed by atoms with Gasteiger partial charge in [-0.25, -0.2) is 0 Å². The van der Waals surface area contributed by atoms with E-state index in [0.29, 0.717) is 0 Å². The smallest absolute Gasteiger partial charge is 0.0132 e. The Bertz CT molecular complexity index is 92.7. The summed E-state index contributed by atoms with van der Waals surface area (Å²) < 4.78 is 0. The van der Waals surface area contributed by atoms with Gasteiger partial charge in [0.05, 0.1) is 0 Å². The van der Waals surface area contributed by atoms with Crippen molar-refractivity contribution < 1.29 is 0 Å². The van der Waals surface area contributed by atoms with Gasteiger partial charge in [-0.15, -0.1) is 25.6 Å². The molecule has 0 aliphatic rings. The van der Waals surface area contributed by atoms with E-state index in [1.165, 1.54) is 0 Å². The minimum Gasteiger partial charge on any atom is -0.313 e. The molecule has 0 atom stereocenters. The first-order chi connectivity index (χ1) is 5.41. The third-order valence-corrected chi connectivity index (χ3v) is 1.28. The molecule has 0 spiro atoms. The summed E-state index contributed by atoms with van der Waals surface area (Å²) in [6.07, 6.45) is 4.90. The van der Waals surface area contributed by atoms with Crippen molar-refractivity contribution in [1.29, 1.82) is 0 Å². The average Bonchev–Trinajstić information content (AvgIpc) is 2.03. The lowest BCUT2D eigenvalue weighted by Crippen LogP contribution is -2.21. The molecule has 0 aromatic rings. The van der Waals surface area contributed by atoms with Crippen LogP contribution in [0.5, 0.6) is 0 Å². The third kappa shape index (κ3) is 12.4. The van der Waals surface area contributed by atoms with Crippen molar-refractivity contribution in [2.75, 3.05) is 26.2 Å². The fourth-order valence-electron chi connectivity index (χ4n) is 0.747. The third-order valence-electron chi connectivity index (χ3n) is 1.28. The lowest BCUT2D eigenvalue weighted by Gasteiger charge is -2.01. The Morgan fingerprint density at radius 1 is 0.917 bits per heavy atom. The topological polar surface area (TPSA) is 24.1 Å². The van der Waals surface area contributed by atoms with E-state index in [-0.39, 0.29) is 12.4 Å². The van der Waals surface area contributed by atoms with Gasteiger partial charge < -0.3 is 10.6 Å². The van der Waals surface area contributed by atoms with Crippen LogP contribution in [0.1, 0.15) is 6.42 Å². The summed E-state index contributed by atoms with van der Waals surface area (Å²) in [7, 11) is 0. The fourth-order valence-corrected chi connectivity index (χ4v) is 0.747. The van der Waals surface area contributed by atoms with E-state index in [4.69, 9.17) is 0 Å². The molecule has 0 rings (SSSR count). The summed E-state index contributed by atoms with van der Waals surface area (Å²) in [6, 6.07) is 0. The lowest BCUT2D eigenvalue weighted by atomic mass is 10.4. The summed E-state index contributed by atoms with van der Waals surface area (Å²) in [5.41, 5.74) is 0. The standard InChI is InChI=1S/C9H18N2.ClH/c1-3-6-10-8-5-9-11-7-4-2;/h3-4,10-11H,1-2,5-9H2;1H. The minimum absolute atomic E-state index is 0.